The lowest BCUT2D eigenvalue weighted by molar-refractivity contribution is -0.0656. The molecular formula is C23H42O3Si. The molecule has 0 aliphatic carbocycles. The fraction of sp³-hybridized carbons (Fsp3) is 0.739. The molecule has 156 valence electrons. The number of hydrogen-bond acceptors (Lipinski definition) is 3. The maximum absolute atomic E-state index is 6.77. The summed E-state index contributed by atoms with van der Waals surface area (Å²) >= 11 is 0. The molecule has 0 saturated carbocycles. The van der Waals surface area contributed by atoms with Crippen LogP contribution in [0, 0.1) is 34.6 Å². The molecule has 0 atom stereocenters. The largest absolute Gasteiger partial charge is 0.539 e. The second-order valence-electron chi connectivity index (χ2n) is 10.7. The Bertz CT molecular complexity index is 616. The lowest BCUT2D eigenvalue weighted by atomic mass is 9.95. The summed E-state index contributed by atoms with van der Waals surface area (Å²) in [7, 11) is -3.25. The molecule has 0 aliphatic heterocycles. The minimum absolute atomic E-state index is 0.395. The Hall–Kier alpha value is -0.683. The van der Waals surface area contributed by atoms with Crippen LogP contribution < -0.4 is 5.19 Å². The van der Waals surface area contributed by atoms with Gasteiger partial charge in [-0.1, -0.05) is 0 Å². The van der Waals surface area contributed by atoms with Crippen LogP contribution in [0.5, 0.6) is 0 Å². The van der Waals surface area contributed by atoms with Crippen molar-refractivity contribution in [3.63, 3.8) is 0 Å². The van der Waals surface area contributed by atoms with Gasteiger partial charge in [0.25, 0.3) is 0 Å². The quantitative estimate of drug-likeness (QED) is 0.602. The highest BCUT2D eigenvalue weighted by atomic mass is 28.4. The molecule has 0 amide bonds. The topological polar surface area (TPSA) is 27.7 Å². The smallest absolute Gasteiger partial charge is 0.365 e. The average molecular weight is 395 g/mol. The first kappa shape index (κ1) is 24.4. The maximum Gasteiger partial charge on any atom is 0.539 e. The Morgan fingerprint density at radius 1 is 0.444 bits per heavy atom. The standard InChI is InChI=1S/C23H42O3Si/c1-15-16(2)18(4)20(19(5)17(15)3)27(24-21(6,7)8,25-22(9,10)11)26-23(12,13)14/h1-14H3. The van der Waals surface area contributed by atoms with Gasteiger partial charge in [-0.05, 0) is 125 Å². The second-order valence-corrected chi connectivity index (χ2v) is 12.9. The molecule has 0 aliphatic rings. The van der Waals surface area contributed by atoms with Gasteiger partial charge in [-0.15, -0.1) is 0 Å². The van der Waals surface area contributed by atoms with Gasteiger partial charge in [0, 0.05) is 5.19 Å². The van der Waals surface area contributed by atoms with E-state index < -0.39 is 25.6 Å². The summed E-state index contributed by atoms with van der Waals surface area (Å²) in [5.74, 6) is 0. The molecule has 4 heteroatoms. The molecule has 27 heavy (non-hydrogen) atoms. The molecule has 1 aromatic rings. The molecular weight excluding hydrogens is 352 g/mol. The van der Waals surface area contributed by atoms with E-state index in [2.05, 4.69) is 96.9 Å². The second kappa shape index (κ2) is 7.62. The third-order valence-corrected chi connectivity index (χ3v) is 8.63. The Morgan fingerprint density at radius 2 is 0.667 bits per heavy atom. The SMILES string of the molecule is Cc1c(C)c(C)c([Si](OC(C)(C)C)(OC(C)(C)C)OC(C)(C)C)c(C)c1C. The molecule has 0 unspecified atom stereocenters. The summed E-state index contributed by atoms with van der Waals surface area (Å²) in [6.45, 7) is 29.6. The number of hydrogen-bond donors (Lipinski definition) is 0. The van der Waals surface area contributed by atoms with Crippen molar-refractivity contribution in [3.8, 4) is 0 Å². The molecule has 0 spiro atoms. The lowest BCUT2D eigenvalue weighted by Crippen LogP contribution is -2.66. The average Bonchev–Trinajstić information content (AvgIpc) is 2.37. The number of rotatable bonds is 4. The van der Waals surface area contributed by atoms with Gasteiger partial charge in [0.05, 0.1) is 16.8 Å². The first-order valence-electron chi connectivity index (χ1n) is 9.97. The molecule has 1 aromatic carbocycles. The van der Waals surface area contributed by atoms with Crippen molar-refractivity contribution in [2.75, 3.05) is 0 Å². The van der Waals surface area contributed by atoms with Gasteiger partial charge < -0.3 is 13.3 Å². The molecule has 0 bridgehead atoms. The number of benzene rings is 1. The molecule has 0 radical (unpaired) electrons. The molecule has 1 rings (SSSR count). The summed E-state index contributed by atoms with van der Waals surface area (Å²) in [4.78, 5) is 0. The van der Waals surface area contributed by atoms with E-state index in [0.717, 1.165) is 5.19 Å². The van der Waals surface area contributed by atoms with Crippen molar-refractivity contribution in [3.05, 3.63) is 27.8 Å². The Labute approximate surface area is 169 Å². The van der Waals surface area contributed by atoms with Crippen LogP contribution in [0.25, 0.3) is 0 Å². The van der Waals surface area contributed by atoms with E-state index in [1.54, 1.807) is 0 Å². The van der Waals surface area contributed by atoms with Crippen molar-refractivity contribution >= 4 is 14.0 Å². The predicted molar refractivity (Wildman–Crippen MR) is 118 cm³/mol. The monoisotopic (exact) mass is 394 g/mol. The van der Waals surface area contributed by atoms with Crippen molar-refractivity contribution in [2.45, 2.75) is 114 Å². The minimum Gasteiger partial charge on any atom is -0.365 e. The van der Waals surface area contributed by atoms with Gasteiger partial charge in [-0.3, -0.25) is 0 Å². The zero-order valence-electron chi connectivity index (χ0n) is 20.2. The summed E-state index contributed by atoms with van der Waals surface area (Å²) < 4.78 is 20.3. The fourth-order valence-electron chi connectivity index (χ4n) is 3.38. The Kier molecular flexibility index (Phi) is 6.88. The first-order chi connectivity index (χ1) is 11.8. The fourth-order valence-corrected chi connectivity index (χ4v) is 7.53. The highest BCUT2D eigenvalue weighted by Gasteiger charge is 2.54. The highest BCUT2D eigenvalue weighted by Crippen LogP contribution is 2.32. The van der Waals surface area contributed by atoms with Gasteiger partial charge in [0.15, 0.2) is 0 Å². The van der Waals surface area contributed by atoms with Crippen molar-refractivity contribution in [1.29, 1.82) is 0 Å². The zero-order chi connectivity index (χ0) is 21.6. The van der Waals surface area contributed by atoms with Crippen LogP contribution in [0.15, 0.2) is 0 Å². The Morgan fingerprint density at radius 3 is 0.889 bits per heavy atom. The van der Waals surface area contributed by atoms with E-state index >= 15 is 0 Å². The van der Waals surface area contributed by atoms with Crippen LogP contribution in [0.3, 0.4) is 0 Å². The first-order valence-corrected chi connectivity index (χ1v) is 11.7. The Balaban J connectivity index is 3.97. The van der Waals surface area contributed by atoms with Crippen molar-refractivity contribution in [1.82, 2.24) is 0 Å². The van der Waals surface area contributed by atoms with Gasteiger partial charge in [0.2, 0.25) is 0 Å². The zero-order valence-corrected chi connectivity index (χ0v) is 21.2. The van der Waals surface area contributed by atoms with Crippen molar-refractivity contribution < 1.29 is 13.3 Å². The van der Waals surface area contributed by atoms with E-state index in [0.29, 0.717) is 0 Å². The van der Waals surface area contributed by atoms with Crippen LogP contribution in [-0.4, -0.2) is 25.6 Å². The molecule has 0 N–H and O–H groups in total. The minimum atomic E-state index is -3.25. The van der Waals surface area contributed by atoms with E-state index in [-0.39, 0.29) is 0 Å². The lowest BCUT2D eigenvalue weighted by Gasteiger charge is -2.44. The summed E-state index contributed by atoms with van der Waals surface area (Å²) in [5, 5.41) is 1.13. The highest BCUT2D eigenvalue weighted by molar-refractivity contribution is 6.76. The summed E-state index contributed by atoms with van der Waals surface area (Å²) in [6.07, 6.45) is 0. The third kappa shape index (κ3) is 6.15. The predicted octanol–water partition coefficient (Wildman–Crippen LogP) is 5.82. The van der Waals surface area contributed by atoms with Gasteiger partial charge >= 0.3 is 8.80 Å². The summed E-state index contributed by atoms with van der Waals surface area (Å²) in [6, 6.07) is 0. The van der Waals surface area contributed by atoms with Crippen LogP contribution in [0.1, 0.15) is 90.1 Å². The molecule has 0 heterocycles. The van der Waals surface area contributed by atoms with Crippen LogP contribution in [0.4, 0.5) is 0 Å². The molecule has 0 fully saturated rings. The van der Waals surface area contributed by atoms with Crippen LogP contribution >= 0.6 is 0 Å². The molecule has 3 nitrogen and oxygen atoms in total. The van der Waals surface area contributed by atoms with Crippen LogP contribution in [-0.2, 0) is 13.3 Å². The van der Waals surface area contributed by atoms with Crippen molar-refractivity contribution in [2.24, 2.45) is 0 Å². The molecule has 0 aromatic heterocycles. The normalized spacial score (nSPS) is 14.0. The third-order valence-electron chi connectivity index (χ3n) is 4.63. The van der Waals surface area contributed by atoms with Crippen LogP contribution in [0.2, 0.25) is 0 Å². The van der Waals surface area contributed by atoms with E-state index in [1.165, 1.54) is 27.8 Å². The van der Waals surface area contributed by atoms with E-state index in [1.807, 2.05) is 0 Å². The van der Waals surface area contributed by atoms with Gasteiger partial charge in [-0.2, -0.15) is 0 Å². The van der Waals surface area contributed by atoms with E-state index in [4.69, 9.17) is 13.3 Å². The van der Waals surface area contributed by atoms with Gasteiger partial charge in [0.1, 0.15) is 0 Å². The van der Waals surface area contributed by atoms with Gasteiger partial charge in [-0.25, -0.2) is 0 Å². The summed E-state index contributed by atoms with van der Waals surface area (Å²) in [5.41, 5.74) is 5.17. The maximum atomic E-state index is 6.77. The van der Waals surface area contributed by atoms with E-state index in [9.17, 15) is 0 Å². The molecule has 0 saturated heterocycles.